The molecule has 0 saturated carbocycles. The summed E-state index contributed by atoms with van der Waals surface area (Å²) in [6.45, 7) is 4.76. The van der Waals surface area contributed by atoms with Gasteiger partial charge < -0.3 is 14.3 Å². The number of nitrogens with zero attached hydrogens (tertiary/aromatic N) is 3. The highest BCUT2D eigenvalue weighted by Crippen LogP contribution is 2.13. The van der Waals surface area contributed by atoms with Gasteiger partial charge in [0.05, 0.1) is 23.8 Å². The van der Waals surface area contributed by atoms with Gasteiger partial charge in [-0.2, -0.15) is 0 Å². The summed E-state index contributed by atoms with van der Waals surface area (Å²) in [5.41, 5.74) is 1.82. The monoisotopic (exact) mass is 433 g/mol. The van der Waals surface area contributed by atoms with E-state index in [0.29, 0.717) is 29.0 Å². The SMILES string of the molecule is CCCCCCn1c(=N)c(C(=O)NCc2ccco2)cc2c(=O)n3cc(C)ccc3nc21. The van der Waals surface area contributed by atoms with Crippen LogP contribution in [0.15, 0.2) is 52.0 Å². The van der Waals surface area contributed by atoms with Gasteiger partial charge >= 0.3 is 0 Å². The summed E-state index contributed by atoms with van der Waals surface area (Å²) in [7, 11) is 0. The zero-order chi connectivity index (χ0) is 22.7. The van der Waals surface area contributed by atoms with Crippen LogP contribution < -0.4 is 16.4 Å². The molecule has 8 heteroatoms. The van der Waals surface area contributed by atoms with Crippen LogP contribution in [0.25, 0.3) is 16.7 Å². The Kier molecular flexibility index (Phi) is 6.20. The molecular weight excluding hydrogens is 406 g/mol. The highest BCUT2D eigenvalue weighted by Gasteiger charge is 2.17. The second-order valence-corrected chi connectivity index (χ2v) is 7.97. The van der Waals surface area contributed by atoms with Crippen molar-refractivity contribution < 1.29 is 9.21 Å². The number of nitrogens with one attached hydrogen (secondary N) is 2. The normalized spacial score (nSPS) is 11.3. The first-order chi connectivity index (χ1) is 15.5. The molecule has 0 aliphatic rings. The first-order valence-electron chi connectivity index (χ1n) is 10.9. The van der Waals surface area contributed by atoms with E-state index in [1.807, 2.05) is 13.0 Å². The van der Waals surface area contributed by atoms with Crippen molar-refractivity contribution in [3.63, 3.8) is 0 Å². The van der Waals surface area contributed by atoms with Gasteiger partial charge in [0.25, 0.3) is 11.5 Å². The molecule has 8 nitrogen and oxygen atoms in total. The number of pyridine rings is 2. The molecule has 4 aromatic rings. The molecule has 0 fully saturated rings. The summed E-state index contributed by atoms with van der Waals surface area (Å²) in [4.78, 5) is 30.9. The number of carbonyl (C=O) groups is 1. The Morgan fingerprint density at radius 2 is 2.06 bits per heavy atom. The van der Waals surface area contributed by atoms with Gasteiger partial charge in [0, 0.05) is 12.7 Å². The van der Waals surface area contributed by atoms with E-state index in [1.54, 1.807) is 29.0 Å². The van der Waals surface area contributed by atoms with E-state index in [-0.39, 0.29) is 23.2 Å². The average Bonchev–Trinajstić information content (AvgIpc) is 3.30. The molecule has 0 spiro atoms. The molecule has 0 unspecified atom stereocenters. The van der Waals surface area contributed by atoms with E-state index < -0.39 is 5.91 Å². The fraction of sp³-hybridized carbons (Fsp3) is 0.333. The number of furan rings is 1. The quantitative estimate of drug-likeness (QED) is 0.327. The summed E-state index contributed by atoms with van der Waals surface area (Å²) in [6, 6.07) is 8.70. The van der Waals surface area contributed by atoms with Crippen molar-refractivity contribution in [2.24, 2.45) is 0 Å². The van der Waals surface area contributed by atoms with Crippen molar-refractivity contribution in [3.8, 4) is 0 Å². The lowest BCUT2D eigenvalue weighted by Gasteiger charge is -2.15. The molecule has 0 radical (unpaired) electrons. The standard InChI is InChI=1S/C24H27N5O3/c1-3-4-5-6-11-28-21(25)18(23(30)26-14-17-8-7-12-32-17)13-19-22(28)27-20-10-9-16(2)15-29(20)24(19)31/h7-10,12-13,15,25H,3-6,11,14H2,1-2H3,(H,26,30). The van der Waals surface area contributed by atoms with E-state index in [0.717, 1.165) is 31.2 Å². The number of unbranched alkanes of at least 4 members (excludes halogenated alkanes) is 3. The second kappa shape index (κ2) is 9.21. The number of aromatic nitrogens is 3. The van der Waals surface area contributed by atoms with Crippen LogP contribution in [-0.2, 0) is 13.1 Å². The van der Waals surface area contributed by atoms with Crippen LogP contribution in [0, 0.1) is 12.3 Å². The lowest BCUT2D eigenvalue weighted by atomic mass is 10.1. The van der Waals surface area contributed by atoms with E-state index in [2.05, 4.69) is 17.2 Å². The Hall–Kier alpha value is -3.68. The maximum Gasteiger partial charge on any atom is 0.267 e. The van der Waals surface area contributed by atoms with Gasteiger partial charge in [-0.1, -0.05) is 32.3 Å². The molecule has 1 amide bonds. The van der Waals surface area contributed by atoms with Gasteiger partial charge in [0.1, 0.15) is 22.5 Å². The van der Waals surface area contributed by atoms with Crippen molar-refractivity contribution in [3.05, 3.63) is 75.5 Å². The maximum absolute atomic E-state index is 13.3. The largest absolute Gasteiger partial charge is 0.467 e. The van der Waals surface area contributed by atoms with E-state index in [4.69, 9.17) is 9.83 Å². The molecule has 4 heterocycles. The minimum absolute atomic E-state index is 0.0503. The number of aryl methyl sites for hydroxylation is 2. The lowest BCUT2D eigenvalue weighted by molar-refractivity contribution is 0.0945. The Balaban J connectivity index is 1.84. The van der Waals surface area contributed by atoms with Gasteiger partial charge in [0.15, 0.2) is 0 Å². The summed E-state index contributed by atoms with van der Waals surface area (Å²) < 4.78 is 8.45. The highest BCUT2D eigenvalue weighted by atomic mass is 16.3. The van der Waals surface area contributed by atoms with Crippen LogP contribution in [0.5, 0.6) is 0 Å². The number of rotatable bonds is 8. The topological polar surface area (TPSA) is 105 Å². The maximum atomic E-state index is 13.3. The molecule has 0 bridgehead atoms. The lowest BCUT2D eigenvalue weighted by Crippen LogP contribution is -2.34. The summed E-state index contributed by atoms with van der Waals surface area (Å²) >= 11 is 0. The molecule has 0 aromatic carbocycles. The van der Waals surface area contributed by atoms with Crippen LogP contribution in [-0.4, -0.2) is 19.9 Å². The number of hydrogen-bond acceptors (Lipinski definition) is 5. The average molecular weight is 434 g/mol. The minimum atomic E-state index is -0.427. The fourth-order valence-corrected chi connectivity index (χ4v) is 3.81. The van der Waals surface area contributed by atoms with Gasteiger partial charge in [-0.3, -0.25) is 19.4 Å². The molecule has 0 aliphatic carbocycles. The molecule has 0 saturated heterocycles. The Labute approximate surface area is 185 Å². The zero-order valence-corrected chi connectivity index (χ0v) is 18.4. The second-order valence-electron chi connectivity index (χ2n) is 7.97. The molecule has 0 atom stereocenters. The van der Waals surface area contributed by atoms with Crippen molar-refractivity contribution >= 4 is 22.6 Å². The van der Waals surface area contributed by atoms with Crippen molar-refractivity contribution in [1.29, 1.82) is 5.41 Å². The number of fused-ring (bicyclic) bond motifs is 2. The Morgan fingerprint density at radius 3 is 2.81 bits per heavy atom. The summed E-state index contributed by atoms with van der Waals surface area (Å²) in [5.74, 6) is 0.186. The van der Waals surface area contributed by atoms with Crippen LogP contribution in [0.3, 0.4) is 0 Å². The molecule has 0 aliphatic heterocycles. The predicted molar refractivity (Wildman–Crippen MR) is 122 cm³/mol. The third-order valence-corrected chi connectivity index (χ3v) is 5.54. The number of hydrogen-bond donors (Lipinski definition) is 2. The highest BCUT2D eigenvalue weighted by molar-refractivity contribution is 5.96. The van der Waals surface area contributed by atoms with Crippen molar-refractivity contribution in [2.75, 3.05) is 0 Å². The first kappa shape index (κ1) is 21.5. The Bertz CT molecular complexity index is 1380. The molecule has 32 heavy (non-hydrogen) atoms. The smallest absolute Gasteiger partial charge is 0.267 e. The van der Waals surface area contributed by atoms with Crippen LogP contribution in [0.1, 0.15) is 54.3 Å². The fourth-order valence-electron chi connectivity index (χ4n) is 3.81. The predicted octanol–water partition coefficient (Wildman–Crippen LogP) is 3.54. The molecule has 4 aromatic heterocycles. The van der Waals surface area contributed by atoms with Crippen molar-refractivity contribution in [2.45, 2.75) is 52.6 Å². The Morgan fingerprint density at radius 1 is 1.22 bits per heavy atom. The number of carbonyl (C=O) groups excluding carboxylic acids is 1. The van der Waals surface area contributed by atoms with E-state index >= 15 is 0 Å². The van der Waals surface area contributed by atoms with Crippen molar-refractivity contribution in [1.82, 2.24) is 19.3 Å². The van der Waals surface area contributed by atoms with Gasteiger partial charge in [0.2, 0.25) is 0 Å². The third-order valence-electron chi connectivity index (χ3n) is 5.54. The minimum Gasteiger partial charge on any atom is -0.467 e. The molecule has 166 valence electrons. The van der Waals surface area contributed by atoms with Crippen LogP contribution in [0.4, 0.5) is 0 Å². The zero-order valence-electron chi connectivity index (χ0n) is 18.4. The van der Waals surface area contributed by atoms with Crippen LogP contribution >= 0.6 is 0 Å². The molecule has 4 rings (SSSR count). The summed E-state index contributed by atoms with van der Waals surface area (Å²) in [5, 5.41) is 11.8. The first-order valence-corrected chi connectivity index (χ1v) is 10.9. The number of amides is 1. The van der Waals surface area contributed by atoms with E-state index in [9.17, 15) is 9.59 Å². The van der Waals surface area contributed by atoms with Gasteiger partial charge in [-0.25, -0.2) is 4.98 Å². The summed E-state index contributed by atoms with van der Waals surface area (Å²) in [6.07, 6.45) is 7.31. The molecular formula is C24H27N5O3. The van der Waals surface area contributed by atoms with Gasteiger partial charge in [-0.05, 0) is 43.2 Å². The van der Waals surface area contributed by atoms with Crippen LogP contribution in [0.2, 0.25) is 0 Å². The third kappa shape index (κ3) is 4.21. The van der Waals surface area contributed by atoms with E-state index in [1.165, 1.54) is 16.7 Å². The van der Waals surface area contributed by atoms with Gasteiger partial charge in [-0.15, -0.1) is 0 Å². The molecule has 2 N–H and O–H groups in total.